The molecule has 1 aliphatic heterocycles. The first-order valence-corrected chi connectivity index (χ1v) is 13.4. The Morgan fingerprint density at radius 1 is 1.10 bits per heavy atom. The van der Waals surface area contributed by atoms with Crippen LogP contribution >= 0.6 is 11.8 Å². The van der Waals surface area contributed by atoms with Gasteiger partial charge in [-0.05, 0) is 43.0 Å². The zero-order valence-electron chi connectivity index (χ0n) is 17.5. The standard InChI is InChI=1S/C21H29N5O3S2/c27-20(15-30-21-23-19(24-25-21)14-16-6-2-3-7-16)22-17-8-10-18(11-9-17)31(28,29)26-12-4-1-5-13-26/h8-11,16H,1-7,12-15H2,(H,22,27)(H,23,24,25). The Labute approximate surface area is 187 Å². The van der Waals surface area contributed by atoms with Crippen LogP contribution in [0.3, 0.4) is 0 Å². The molecule has 1 amide bonds. The smallest absolute Gasteiger partial charge is 0.243 e. The van der Waals surface area contributed by atoms with Crippen LogP contribution in [0.2, 0.25) is 0 Å². The van der Waals surface area contributed by atoms with Gasteiger partial charge in [0, 0.05) is 25.2 Å². The van der Waals surface area contributed by atoms with E-state index in [0.29, 0.717) is 29.9 Å². The SMILES string of the molecule is O=C(CSc1n[nH]c(CC2CCCC2)n1)Nc1ccc(S(=O)(=O)N2CCCCC2)cc1. The summed E-state index contributed by atoms with van der Waals surface area (Å²) in [7, 11) is -3.46. The normalized spacial score (nSPS) is 18.3. The Morgan fingerprint density at radius 3 is 2.52 bits per heavy atom. The number of thioether (sulfide) groups is 1. The molecule has 8 nitrogen and oxygen atoms in total. The van der Waals surface area contributed by atoms with Crippen molar-refractivity contribution in [2.45, 2.75) is 61.4 Å². The van der Waals surface area contributed by atoms with Gasteiger partial charge < -0.3 is 5.32 Å². The van der Waals surface area contributed by atoms with Crippen LogP contribution in [-0.4, -0.2) is 52.7 Å². The van der Waals surface area contributed by atoms with Crippen LogP contribution in [0, 0.1) is 5.92 Å². The Morgan fingerprint density at radius 2 is 1.81 bits per heavy atom. The van der Waals surface area contributed by atoms with E-state index in [2.05, 4.69) is 20.5 Å². The predicted octanol–water partition coefficient (Wildman–Crippen LogP) is 3.44. The van der Waals surface area contributed by atoms with E-state index in [9.17, 15) is 13.2 Å². The first kappa shape index (κ1) is 22.3. The summed E-state index contributed by atoms with van der Waals surface area (Å²) in [6, 6.07) is 6.37. The molecule has 1 aromatic heterocycles. The molecule has 31 heavy (non-hydrogen) atoms. The average Bonchev–Trinajstić information content (AvgIpc) is 3.46. The summed E-state index contributed by atoms with van der Waals surface area (Å²) in [5, 5.41) is 10.6. The van der Waals surface area contributed by atoms with Crippen LogP contribution in [0.1, 0.15) is 50.8 Å². The van der Waals surface area contributed by atoms with Crippen molar-refractivity contribution in [2.75, 3.05) is 24.2 Å². The predicted molar refractivity (Wildman–Crippen MR) is 120 cm³/mol. The Hall–Kier alpha value is -1.91. The molecule has 0 spiro atoms. The van der Waals surface area contributed by atoms with Crippen LogP contribution in [0.4, 0.5) is 5.69 Å². The van der Waals surface area contributed by atoms with Gasteiger partial charge in [-0.1, -0.05) is 43.9 Å². The minimum absolute atomic E-state index is 0.182. The lowest BCUT2D eigenvalue weighted by Crippen LogP contribution is -2.35. The van der Waals surface area contributed by atoms with Crippen molar-refractivity contribution in [3.63, 3.8) is 0 Å². The molecule has 0 atom stereocenters. The molecule has 0 radical (unpaired) electrons. The van der Waals surface area contributed by atoms with Crippen LogP contribution in [0.25, 0.3) is 0 Å². The van der Waals surface area contributed by atoms with Crippen molar-refractivity contribution in [1.29, 1.82) is 0 Å². The molecule has 0 bridgehead atoms. The van der Waals surface area contributed by atoms with Gasteiger partial charge in [0.05, 0.1) is 10.6 Å². The summed E-state index contributed by atoms with van der Waals surface area (Å²) in [6.07, 6.45) is 8.90. The number of carbonyl (C=O) groups excluding carboxylic acids is 1. The van der Waals surface area contributed by atoms with Gasteiger partial charge in [-0.15, -0.1) is 5.10 Å². The van der Waals surface area contributed by atoms with E-state index in [4.69, 9.17) is 0 Å². The number of nitrogens with one attached hydrogen (secondary N) is 2. The highest BCUT2D eigenvalue weighted by Gasteiger charge is 2.25. The topological polar surface area (TPSA) is 108 Å². The van der Waals surface area contributed by atoms with Gasteiger partial charge in [-0.2, -0.15) is 4.31 Å². The highest BCUT2D eigenvalue weighted by molar-refractivity contribution is 7.99. The number of piperidine rings is 1. The Balaban J connectivity index is 1.26. The van der Waals surface area contributed by atoms with E-state index in [-0.39, 0.29) is 16.6 Å². The maximum atomic E-state index is 12.7. The molecule has 1 saturated heterocycles. The third-order valence-corrected chi connectivity index (χ3v) is 8.65. The molecule has 4 rings (SSSR count). The maximum absolute atomic E-state index is 12.7. The lowest BCUT2D eigenvalue weighted by Gasteiger charge is -2.25. The molecular weight excluding hydrogens is 434 g/mol. The van der Waals surface area contributed by atoms with Crippen molar-refractivity contribution < 1.29 is 13.2 Å². The number of carbonyl (C=O) groups is 1. The van der Waals surface area contributed by atoms with E-state index in [1.54, 1.807) is 28.6 Å². The van der Waals surface area contributed by atoms with E-state index in [1.807, 2.05) is 0 Å². The highest BCUT2D eigenvalue weighted by Crippen LogP contribution is 2.27. The molecule has 0 unspecified atom stereocenters. The number of sulfonamides is 1. The van der Waals surface area contributed by atoms with Crippen molar-refractivity contribution in [3.8, 4) is 0 Å². The average molecular weight is 464 g/mol. The van der Waals surface area contributed by atoms with Gasteiger partial charge in [0.25, 0.3) is 0 Å². The largest absolute Gasteiger partial charge is 0.325 e. The van der Waals surface area contributed by atoms with Gasteiger partial charge in [0.1, 0.15) is 5.82 Å². The monoisotopic (exact) mass is 463 g/mol. The first-order chi connectivity index (χ1) is 15.0. The zero-order chi connectivity index (χ0) is 21.7. The summed E-state index contributed by atoms with van der Waals surface area (Å²) in [5.41, 5.74) is 0.570. The van der Waals surface area contributed by atoms with Gasteiger partial charge in [0.15, 0.2) is 0 Å². The minimum atomic E-state index is -3.46. The molecule has 1 aliphatic carbocycles. The lowest BCUT2D eigenvalue weighted by atomic mass is 10.0. The fourth-order valence-electron chi connectivity index (χ4n) is 4.21. The molecule has 2 aliphatic rings. The van der Waals surface area contributed by atoms with Gasteiger partial charge in [-0.25, -0.2) is 13.4 Å². The molecule has 2 aromatic rings. The quantitative estimate of drug-likeness (QED) is 0.581. The Kier molecular flexibility index (Phi) is 7.29. The number of aromatic nitrogens is 3. The summed E-state index contributed by atoms with van der Waals surface area (Å²) < 4.78 is 27.0. The van der Waals surface area contributed by atoms with Crippen LogP contribution in [-0.2, 0) is 21.2 Å². The van der Waals surface area contributed by atoms with Crippen LogP contribution in [0.5, 0.6) is 0 Å². The number of rotatable bonds is 8. The molecular formula is C21H29N5O3S2. The number of hydrogen-bond acceptors (Lipinski definition) is 6. The van der Waals surface area contributed by atoms with E-state index in [1.165, 1.54) is 37.4 Å². The van der Waals surface area contributed by atoms with Crippen molar-refractivity contribution in [2.24, 2.45) is 5.92 Å². The number of H-pyrrole nitrogens is 1. The van der Waals surface area contributed by atoms with Crippen LogP contribution < -0.4 is 5.32 Å². The zero-order valence-corrected chi connectivity index (χ0v) is 19.2. The summed E-state index contributed by atoms with van der Waals surface area (Å²) in [5.74, 6) is 1.59. The third-order valence-electron chi connectivity index (χ3n) is 5.89. The number of hydrogen-bond donors (Lipinski definition) is 2. The second kappa shape index (κ2) is 10.1. The van der Waals surface area contributed by atoms with Crippen molar-refractivity contribution in [3.05, 3.63) is 30.1 Å². The van der Waals surface area contributed by atoms with Gasteiger partial charge >= 0.3 is 0 Å². The van der Waals surface area contributed by atoms with E-state index < -0.39 is 10.0 Å². The van der Waals surface area contributed by atoms with Gasteiger partial charge in [-0.3, -0.25) is 9.89 Å². The summed E-state index contributed by atoms with van der Waals surface area (Å²) >= 11 is 1.28. The molecule has 2 fully saturated rings. The summed E-state index contributed by atoms with van der Waals surface area (Å²) in [6.45, 7) is 1.14. The van der Waals surface area contributed by atoms with Crippen molar-refractivity contribution in [1.82, 2.24) is 19.5 Å². The third kappa shape index (κ3) is 5.87. The second-order valence-electron chi connectivity index (χ2n) is 8.25. The number of aromatic amines is 1. The number of anilines is 1. The summed E-state index contributed by atoms with van der Waals surface area (Å²) in [4.78, 5) is 17.0. The fraction of sp³-hybridized carbons (Fsp3) is 0.571. The molecule has 1 saturated carbocycles. The first-order valence-electron chi connectivity index (χ1n) is 10.9. The lowest BCUT2D eigenvalue weighted by molar-refractivity contribution is -0.113. The van der Waals surface area contributed by atoms with Crippen molar-refractivity contribution >= 4 is 33.4 Å². The number of amides is 1. The maximum Gasteiger partial charge on any atom is 0.243 e. The van der Waals surface area contributed by atoms with Gasteiger partial charge in [0.2, 0.25) is 21.1 Å². The van der Waals surface area contributed by atoms with Crippen LogP contribution in [0.15, 0.2) is 34.3 Å². The number of nitrogens with zero attached hydrogens (tertiary/aromatic N) is 3. The second-order valence-corrected chi connectivity index (χ2v) is 11.1. The number of benzene rings is 1. The Bertz CT molecular complexity index is 979. The minimum Gasteiger partial charge on any atom is -0.325 e. The molecule has 2 heterocycles. The molecule has 2 N–H and O–H groups in total. The molecule has 10 heteroatoms. The molecule has 168 valence electrons. The van der Waals surface area contributed by atoms with E-state index in [0.717, 1.165) is 31.5 Å². The fourth-order valence-corrected chi connectivity index (χ4v) is 6.35. The molecule has 1 aromatic carbocycles. The van der Waals surface area contributed by atoms with E-state index >= 15 is 0 Å². The highest BCUT2D eigenvalue weighted by atomic mass is 32.2.